The van der Waals surface area contributed by atoms with Crippen molar-refractivity contribution in [1.82, 2.24) is 5.32 Å². The first-order valence-corrected chi connectivity index (χ1v) is 6.65. The molecule has 20 heavy (non-hydrogen) atoms. The standard InChI is InChI=1S/C16H14ClFN2/c1-11(13-4-6-15(17)7-5-13)20-10-14-3-2-12(9-19)8-16(14)18/h2-8,11,20H,10H2,1H3/t11-/m1/s1. The zero-order valence-corrected chi connectivity index (χ0v) is 11.8. The Labute approximate surface area is 122 Å². The van der Waals surface area contributed by atoms with Gasteiger partial charge < -0.3 is 5.32 Å². The van der Waals surface area contributed by atoms with E-state index in [0.29, 0.717) is 22.7 Å². The van der Waals surface area contributed by atoms with E-state index in [0.717, 1.165) is 5.56 Å². The van der Waals surface area contributed by atoms with Crippen molar-refractivity contribution in [2.75, 3.05) is 0 Å². The molecule has 0 aliphatic rings. The van der Waals surface area contributed by atoms with Crippen LogP contribution in [0.4, 0.5) is 4.39 Å². The molecule has 1 N–H and O–H groups in total. The fraction of sp³-hybridized carbons (Fsp3) is 0.188. The molecule has 0 fully saturated rings. The molecule has 0 aliphatic carbocycles. The molecular weight excluding hydrogens is 275 g/mol. The van der Waals surface area contributed by atoms with Crippen LogP contribution in [0.1, 0.15) is 29.7 Å². The van der Waals surface area contributed by atoms with Gasteiger partial charge in [0.15, 0.2) is 0 Å². The van der Waals surface area contributed by atoms with E-state index in [1.54, 1.807) is 12.1 Å². The largest absolute Gasteiger partial charge is 0.306 e. The molecule has 0 amide bonds. The Bertz CT molecular complexity index is 632. The smallest absolute Gasteiger partial charge is 0.129 e. The summed E-state index contributed by atoms with van der Waals surface area (Å²) in [5, 5.41) is 12.6. The first-order valence-electron chi connectivity index (χ1n) is 6.27. The van der Waals surface area contributed by atoms with Gasteiger partial charge in [0, 0.05) is 23.2 Å². The highest BCUT2D eigenvalue weighted by molar-refractivity contribution is 6.30. The van der Waals surface area contributed by atoms with Gasteiger partial charge in [0.1, 0.15) is 5.82 Å². The van der Waals surface area contributed by atoms with Crippen molar-refractivity contribution in [1.29, 1.82) is 5.26 Å². The summed E-state index contributed by atoms with van der Waals surface area (Å²) in [6, 6.07) is 14.1. The van der Waals surface area contributed by atoms with Crippen LogP contribution in [0.25, 0.3) is 0 Å². The lowest BCUT2D eigenvalue weighted by Gasteiger charge is -2.14. The van der Waals surface area contributed by atoms with Gasteiger partial charge in [-0.25, -0.2) is 4.39 Å². The van der Waals surface area contributed by atoms with Gasteiger partial charge in [0.05, 0.1) is 11.6 Å². The van der Waals surface area contributed by atoms with Crippen LogP contribution >= 0.6 is 11.6 Å². The third-order valence-electron chi connectivity index (χ3n) is 3.15. The van der Waals surface area contributed by atoms with E-state index in [-0.39, 0.29) is 11.9 Å². The van der Waals surface area contributed by atoms with Gasteiger partial charge in [-0.05, 0) is 36.8 Å². The summed E-state index contributed by atoms with van der Waals surface area (Å²) in [7, 11) is 0. The Hall–Kier alpha value is -1.89. The molecule has 0 radical (unpaired) electrons. The summed E-state index contributed by atoms with van der Waals surface area (Å²) in [6.45, 7) is 2.41. The fourth-order valence-electron chi connectivity index (χ4n) is 1.89. The summed E-state index contributed by atoms with van der Waals surface area (Å²) >= 11 is 5.84. The quantitative estimate of drug-likeness (QED) is 0.915. The number of benzene rings is 2. The first-order chi connectivity index (χ1) is 9.60. The van der Waals surface area contributed by atoms with Gasteiger partial charge in [-0.3, -0.25) is 0 Å². The second-order valence-electron chi connectivity index (χ2n) is 4.57. The molecule has 0 saturated carbocycles. The molecule has 0 bridgehead atoms. The Balaban J connectivity index is 2.01. The van der Waals surface area contributed by atoms with Crippen molar-refractivity contribution in [2.45, 2.75) is 19.5 Å². The molecule has 2 aromatic carbocycles. The van der Waals surface area contributed by atoms with E-state index in [1.807, 2.05) is 37.3 Å². The Morgan fingerprint density at radius 2 is 1.95 bits per heavy atom. The summed E-state index contributed by atoms with van der Waals surface area (Å²) in [4.78, 5) is 0. The maximum atomic E-state index is 13.7. The van der Waals surface area contributed by atoms with Crippen molar-refractivity contribution in [3.05, 3.63) is 70.0 Å². The van der Waals surface area contributed by atoms with Crippen molar-refractivity contribution < 1.29 is 4.39 Å². The molecule has 102 valence electrons. The molecule has 2 aromatic rings. The summed E-state index contributed by atoms with van der Waals surface area (Å²) in [5.41, 5.74) is 1.96. The lowest BCUT2D eigenvalue weighted by Crippen LogP contribution is -2.18. The maximum Gasteiger partial charge on any atom is 0.129 e. The van der Waals surface area contributed by atoms with Crippen molar-refractivity contribution in [3.63, 3.8) is 0 Å². The van der Waals surface area contributed by atoms with Crippen LogP contribution in [0.15, 0.2) is 42.5 Å². The molecule has 0 heterocycles. The normalized spacial score (nSPS) is 11.9. The van der Waals surface area contributed by atoms with Crippen molar-refractivity contribution in [3.8, 4) is 6.07 Å². The predicted molar refractivity (Wildman–Crippen MR) is 77.8 cm³/mol. The molecule has 0 aromatic heterocycles. The average molecular weight is 289 g/mol. The highest BCUT2D eigenvalue weighted by Crippen LogP contribution is 2.17. The van der Waals surface area contributed by atoms with Gasteiger partial charge in [-0.1, -0.05) is 29.8 Å². The second kappa shape index (κ2) is 6.51. The van der Waals surface area contributed by atoms with E-state index in [1.165, 1.54) is 6.07 Å². The fourth-order valence-corrected chi connectivity index (χ4v) is 2.02. The molecule has 0 spiro atoms. The minimum atomic E-state index is -0.361. The van der Waals surface area contributed by atoms with Gasteiger partial charge in [0.25, 0.3) is 0 Å². The lowest BCUT2D eigenvalue weighted by molar-refractivity contribution is 0.544. The molecule has 4 heteroatoms. The third-order valence-corrected chi connectivity index (χ3v) is 3.40. The second-order valence-corrected chi connectivity index (χ2v) is 5.01. The summed E-state index contributed by atoms with van der Waals surface area (Å²) in [6.07, 6.45) is 0. The summed E-state index contributed by atoms with van der Waals surface area (Å²) < 4.78 is 13.7. The monoisotopic (exact) mass is 288 g/mol. The number of hydrogen-bond acceptors (Lipinski definition) is 2. The predicted octanol–water partition coefficient (Wildman–Crippen LogP) is 4.20. The number of nitrogens with one attached hydrogen (secondary N) is 1. The number of nitrogens with zero attached hydrogens (tertiary/aromatic N) is 1. The molecule has 0 unspecified atom stereocenters. The minimum Gasteiger partial charge on any atom is -0.306 e. The van der Waals surface area contributed by atoms with Crippen molar-refractivity contribution >= 4 is 11.6 Å². The van der Waals surface area contributed by atoms with Crippen LogP contribution in [0, 0.1) is 17.1 Å². The highest BCUT2D eigenvalue weighted by Gasteiger charge is 2.07. The number of nitriles is 1. The van der Waals surface area contributed by atoms with Crippen LogP contribution in [0.5, 0.6) is 0 Å². The third kappa shape index (κ3) is 3.57. The Morgan fingerprint density at radius 3 is 2.55 bits per heavy atom. The molecule has 2 nitrogen and oxygen atoms in total. The zero-order chi connectivity index (χ0) is 14.5. The molecule has 0 aliphatic heterocycles. The Kier molecular flexibility index (Phi) is 4.73. The van der Waals surface area contributed by atoms with Crippen LogP contribution in [-0.4, -0.2) is 0 Å². The van der Waals surface area contributed by atoms with E-state index in [2.05, 4.69) is 5.32 Å². The van der Waals surface area contributed by atoms with E-state index < -0.39 is 0 Å². The Morgan fingerprint density at radius 1 is 1.25 bits per heavy atom. The van der Waals surface area contributed by atoms with Crippen LogP contribution in [0.3, 0.4) is 0 Å². The summed E-state index contributed by atoms with van der Waals surface area (Å²) in [5.74, 6) is -0.361. The zero-order valence-electron chi connectivity index (χ0n) is 11.0. The number of rotatable bonds is 4. The first kappa shape index (κ1) is 14.5. The maximum absolute atomic E-state index is 13.7. The van der Waals surface area contributed by atoms with Gasteiger partial charge >= 0.3 is 0 Å². The van der Waals surface area contributed by atoms with E-state index in [4.69, 9.17) is 16.9 Å². The van der Waals surface area contributed by atoms with E-state index >= 15 is 0 Å². The van der Waals surface area contributed by atoms with Crippen LogP contribution in [0.2, 0.25) is 5.02 Å². The molecular formula is C16H14ClFN2. The van der Waals surface area contributed by atoms with Crippen LogP contribution in [-0.2, 0) is 6.54 Å². The van der Waals surface area contributed by atoms with Gasteiger partial charge in [0.2, 0.25) is 0 Å². The topological polar surface area (TPSA) is 35.8 Å². The van der Waals surface area contributed by atoms with Crippen LogP contribution < -0.4 is 5.32 Å². The molecule has 1 atom stereocenters. The van der Waals surface area contributed by atoms with Gasteiger partial charge in [-0.15, -0.1) is 0 Å². The minimum absolute atomic E-state index is 0.0855. The lowest BCUT2D eigenvalue weighted by atomic mass is 10.1. The highest BCUT2D eigenvalue weighted by atomic mass is 35.5. The van der Waals surface area contributed by atoms with E-state index in [9.17, 15) is 4.39 Å². The average Bonchev–Trinajstić information content (AvgIpc) is 2.46. The molecule has 2 rings (SSSR count). The number of halogens is 2. The van der Waals surface area contributed by atoms with Crippen molar-refractivity contribution in [2.24, 2.45) is 0 Å². The molecule has 0 saturated heterocycles. The number of hydrogen-bond donors (Lipinski definition) is 1. The van der Waals surface area contributed by atoms with Gasteiger partial charge in [-0.2, -0.15) is 5.26 Å². The SMILES string of the molecule is C[C@@H](NCc1ccc(C#N)cc1F)c1ccc(Cl)cc1.